The fourth-order valence-electron chi connectivity index (χ4n) is 16.9. The fourth-order valence-corrected chi connectivity index (χ4v) is 16.9. The Labute approximate surface area is 812 Å². The van der Waals surface area contributed by atoms with Gasteiger partial charge in [-0.25, -0.2) is 44.3 Å². The molecule has 0 aliphatic carbocycles. The van der Waals surface area contributed by atoms with E-state index in [1.165, 1.54) is 0 Å². The van der Waals surface area contributed by atoms with Crippen molar-refractivity contribution in [2.75, 3.05) is 57.3 Å². The molecule has 2 aliphatic heterocycles. The highest BCUT2D eigenvalue weighted by atomic mass is 16.4. The van der Waals surface area contributed by atoms with Crippen LogP contribution in [-0.4, -0.2) is 226 Å². The average molecular weight is 1940 g/mol. The molecule has 0 unspecified atom stereocenters. The summed E-state index contributed by atoms with van der Waals surface area (Å²) in [6.45, 7) is 8.47. The zero-order valence-corrected chi connectivity index (χ0v) is 76.9. The Balaban J connectivity index is 0.000000161. The van der Waals surface area contributed by atoms with Gasteiger partial charge >= 0.3 is 17.9 Å². The first-order valence-electron chi connectivity index (χ1n) is 45.2. The highest BCUT2D eigenvalue weighted by Crippen LogP contribution is 2.35. The SMILES string of the molecule is C.Cc1ccc(C(=O)CCCC[C@H](NC(=O)c2ccc3c(c2)CCCN3Cc2cnc3nc(N)nc(N)c3n2)C(=O)O)c(-c2nn[nH]n2)c1.Cc1ccc(C(=O)CCCC[C@H](NC(=O)c2ccc3c(c2)CCN3Cc2cnc3nc(N)nc(N)c3n2)C(=O)O)c(-c2nn[nH]n2)c1.Cc1ccc(C(=O)CCCC[C@H](NC(=O)c2ccc3c(ccn3Cc3cnc4nc(N)nc(N)c4n3)c2)C(=O)O)c(-c2nn[nH]n2)c1. The van der Waals surface area contributed by atoms with Gasteiger partial charge in [-0.05, 0) is 184 Å². The number of anilines is 8. The number of tetrazole rings is 3. The molecule has 0 saturated carbocycles. The summed E-state index contributed by atoms with van der Waals surface area (Å²) in [6.07, 6.45) is 12.7. The lowest BCUT2D eigenvalue weighted by atomic mass is 9.96. The van der Waals surface area contributed by atoms with E-state index in [0.29, 0.717) is 189 Å². The van der Waals surface area contributed by atoms with E-state index < -0.39 is 53.8 Å². The van der Waals surface area contributed by atoms with Gasteiger partial charge in [0, 0.05) is 111 Å². The van der Waals surface area contributed by atoms with Crippen molar-refractivity contribution in [3.05, 3.63) is 218 Å². The summed E-state index contributed by atoms with van der Waals surface area (Å²) in [5, 5.41) is 80.0. The topological polar surface area (TPSA) is 736 Å². The van der Waals surface area contributed by atoms with E-state index in [-0.39, 0.29) is 98.6 Å². The largest absolute Gasteiger partial charge is 0.480 e. The van der Waals surface area contributed by atoms with E-state index in [4.69, 9.17) is 34.4 Å². The normalized spacial score (nSPS) is 12.6. The van der Waals surface area contributed by atoms with E-state index in [1.54, 1.807) is 79.3 Å². The lowest BCUT2D eigenvalue weighted by Gasteiger charge is -2.31. The standard InChI is InChI=1S/C32H34N12O4.C31H32N12O4.C31H30N12O4.CH4/c1-17-8-10-21(22(13-17)28-40-42-43-41-28)25(45)7-3-2-6-23(31(47)48)37-30(46)19-9-11-24-18(14-19)5-4-12-44(24)16-20-15-35-29-26(36-20)27(33)38-32(34)39-29;2*1-16-6-8-20(21(12-16)27-39-41-42-40-27)24(44)5-3-2-4-22(30(46)47)36-29(45)18-7-9-23-17(13-18)10-11-43(23)15-19-14-34-28-25(35-19)26(32)37-31(33)38-28;/h8-11,13-15,23H,2-7,12,16H2,1H3,(H,37,46)(H,47,48)(H,40,41,42,43)(H4,33,34,35,38,39);6-9,12-14,22H,2-5,10-11,15H2,1H3,(H,36,45)(H,46,47)(H,39,40,41,42)(H4,32,33,34,37,38);6-14,22H,2-5,15H2,1H3,(H,36,45)(H,46,47)(H,39,40,41,42)(H4,32,33,34,37,38);1H4/t23-;2*22-;/m000./s1. The third-order valence-electron chi connectivity index (χ3n) is 23.9. The predicted molar refractivity (Wildman–Crippen MR) is 525 cm³/mol. The van der Waals surface area contributed by atoms with Crippen molar-refractivity contribution in [3.63, 3.8) is 0 Å². The number of Topliss-reactive ketones (excluding diaryl/α,β-unsaturated/α-hetero) is 3. The number of aromatic amines is 3. The minimum Gasteiger partial charge on any atom is -0.480 e. The van der Waals surface area contributed by atoms with Gasteiger partial charge in [0.2, 0.25) is 35.3 Å². The summed E-state index contributed by atoms with van der Waals surface area (Å²) in [5.41, 5.74) is 50.6. The number of carbonyl (C=O) groups excluding carboxylic acids is 6. The molecule has 2 aliphatic rings. The quantitative estimate of drug-likeness (QED) is 0.0130. The Bertz CT molecular complexity index is 7490. The number of aliphatic carboxylic acids is 3. The van der Waals surface area contributed by atoms with Gasteiger partial charge < -0.3 is 80.0 Å². The Hall–Kier alpha value is -18.4. The highest BCUT2D eigenvalue weighted by molar-refractivity contribution is 6.05. The molecule has 0 radical (unpaired) electrons. The third kappa shape index (κ3) is 23.9. The summed E-state index contributed by atoms with van der Waals surface area (Å²) in [6, 6.07) is 30.5. The Kier molecular flexibility index (Phi) is 30.7. The molecule has 0 spiro atoms. The van der Waals surface area contributed by atoms with Gasteiger partial charge in [0.15, 0.2) is 68.3 Å². The number of hydrogen-bond donors (Lipinski definition) is 15. The first-order valence-corrected chi connectivity index (χ1v) is 45.2. The highest BCUT2D eigenvalue weighted by Gasteiger charge is 2.30. The molecule has 143 heavy (non-hydrogen) atoms. The minimum atomic E-state index is -1.15. The molecule has 6 aromatic carbocycles. The maximum Gasteiger partial charge on any atom is 0.326 e. The van der Waals surface area contributed by atoms with Crippen molar-refractivity contribution in [2.45, 2.75) is 162 Å². The van der Waals surface area contributed by atoms with Gasteiger partial charge in [-0.15, -0.1) is 30.6 Å². The lowest BCUT2D eigenvalue weighted by molar-refractivity contribution is -0.140. The summed E-state index contributed by atoms with van der Waals surface area (Å²) >= 11 is 0. The molecule has 0 saturated heterocycles. The number of nitrogen functional groups attached to an aromatic ring is 6. The molecule has 21 N–H and O–H groups in total. The molecule has 16 aromatic rings. The van der Waals surface area contributed by atoms with E-state index in [0.717, 1.165) is 69.5 Å². The van der Waals surface area contributed by atoms with Crippen LogP contribution in [0.4, 0.5) is 46.7 Å². The smallest absolute Gasteiger partial charge is 0.326 e. The van der Waals surface area contributed by atoms with Crippen molar-refractivity contribution in [1.29, 1.82) is 0 Å². The summed E-state index contributed by atoms with van der Waals surface area (Å²) in [4.78, 5) is 169. The number of aromatic nitrogens is 25. The number of carboxylic acid groups (broad SMARTS) is 3. The Morgan fingerprint density at radius 3 is 1.13 bits per heavy atom. The summed E-state index contributed by atoms with van der Waals surface area (Å²) in [5.74, 6) is -3.70. The molecule has 0 fully saturated rings. The van der Waals surface area contributed by atoms with Crippen LogP contribution in [0, 0.1) is 20.8 Å². The summed E-state index contributed by atoms with van der Waals surface area (Å²) < 4.78 is 1.93. The molecule has 3 amide bonds. The number of carboxylic acids is 3. The number of nitrogens with one attached hydrogen (secondary N) is 6. The third-order valence-corrected chi connectivity index (χ3v) is 23.9. The summed E-state index contributed by atoms with van der Waals surface area (Å²) in [7, 11) is 0. The second-order valence-corrected chi connectivity index (χ2v) is 34.1. The maximum atomic E-state index is 13.2. The van der Waals surface area contributed by atoms with Crippen LogP contribution in [0.25, 0.3) is 78.6 Å². The van der Waals surface area contributed by atoms with Crippen LogP contribution in [0.1, 0.15) is 198 Å². The number of carbonyl (C=O) groups is 9. The number of aryl methyl sites for hydroxylation is 4. The van der Waals surface area contributed by atoms with Crippen LogP contribution in [0.15, 0.2) is 140 Å². The molecule has 10 aromatic heterocycles. The number of amides is 3. The van der Waals surface area contributed by atoms with Crippen molar-refractivity contribution in [1.82, 2.24) is 142 Å². The van der Waals surface area contributed by atoms with E-state index in [1.807, 2.05) is 86.1 Å². The second-order valence-electron chi connectivity index (χ2n) is 34.1. The molecule has 48 nitrogen and oxygen atoms in total. The number of benzene rings is 6. The van der Waals surface area contributed by atoms with Crippen LogP contribution in [0.3, 0.4) is 0 Å². The van der Waals surface area contributed by atoms with E-state index in [9.17, 15) is 58.5 Å². The molecule has 3 atom stereocenters. The van der Waals surface area contributed by atoms with Crippen LogP contribution in [0.5, 0.6) is 0 Å². The van der Waals surface area contributed by atoms with Crippen LogP contribution < -0.4 is 60.2 Å². The number of hydrogen-bond acceptors (Lipinski definition) is 38. The van der Waals surface area contributed by atoms with Crippen molar-refractivity contribution in [3.8, 4) is 34.2 Å². The molecule has 18 rings (SSSR count). The molecule has 12 heterocycles. The number of H-pyrrole nitrogens is 3. The van der Waals surface area contributed by atoms with E-state index in [2.05, 4.69) is 147 Å². The molecular weight excluding hydrogens is 1840 g/mol. The lowest BCUT2D eigenvalue weighted by Crippen LogP contribution is -2.40. The molecule has 732 valence electrons. The van der Waals surface area contributed by atoms with Crippen molar-refractivity contribution >= 4 is 144 Å². The van der Waals surface area contributed by atoms with Gasteiger partial charge in [0.1, 0.15) is 18.1 Å². The first kappa shape index (κ1) is 99.1. The minimum absolute atomic E-state index is 0. The number of nitrogens with two attached hydrogens (primary N) is 6. The average Bonchev–Trinajstić information content (AvgIpc) is 1.22. The second kappa shape index (κ2) is 44.4. The van der Waals surface area contributed by atoms with Gasteiger partial charge in [-0.2, -0.15) is 45.5 Å². The van der Waals surface area contributed by atoms with E-state index >= 15 is 0 Å². The van der Waals surface area contributed by atoms with Crippen molar-refractivity contribution < 1.29 is 58.5 Å². The Morgan fingerprint density at radius 1 is 0.399 bits per heavy atom. The van der Waals surface area contributed by atoms with Crippen LogP contribution in [-0.2, 0) is 46.9 Å². The van der Waals surface area contributed by atoms with Gasteiger partial charge in [0.05, 0.1) is 55.3 Å². The molecular formula is C95H100N36O12. The Morgan fingerprint density at radius 2 is 0.755 bits per heavy atom. The predicted octanol–water partition coefficient (Wildman–Crippen LogP) is 8.25. The number of fused-ring (bicyclic) bond motifs is 6. The van der Waals surface area contributed by atoms with Gasteiger partial charge in [0.25, 0.3) is 17.7 Å². The molecule has 48 heteroatoms. The number of nitrogens with zero attached hydrogens (tertiary/aromatic N) is 24. The molecule has 0 bridgehead atoms. The monoisotopic (exact) mass is 1940 g/mol. The zero-order chi connectivity index (χ0) is 99.9. The number of ketones is 3. The zero-order valence-electron chi connectivity index (χ0n) is 76.9. The van der Waals surface area contributed by atoms with Gasteiger partial charge in [-0.1, -0.05) is 79.8 Å². The number of unbranched alkanes of at least 4 members (excludes halogenated alkanes) is 3. The number of rotatable bonds is 36. The first-order chi connectivity index (χ1) is 68.5. The maximum absolute atomic E-state index is 13.2. The fraction of sp³-hybridized carbons (Fsp3) is 0.284. The van der Waals surface area contributed by atoms with Gasteiger partial charge in [-0.3, -0.25) is 28.8 Å². The van der Waals surface area contributed by atoms with Crippen molar-refractivity contribution in [2.24, 2.45) is 0 Å². The van der Waals surface area contributed by atoms with Crippen LogP contribution in [0.2, 0.25) is 0 Å². The van der Waals surface area contributed by atoms with Crippen LogP contribution >= 0.6 is 0 Å².